The molecule has 0 bridgehead atoms. The van der Waals surface area contributed by atoms with E-state index in [9.17, 15) is 0 Å². The molecule has 0 heterocycles. The highest BCUT2D eigenvalue weighted by Crippen LogP contribution is 2.46. The predicted octanol–water partition coefficient (Wildman–Crippen LogP) is 13.6. The number of hydrogen-bond acceptors (Lipinski definition) is 0. The van der Waals surface area contributed by atoms with Gasteiger partial charge < -0.3 is 0 Å². The molecular formula is C41H38Br2. The average Bonchev–Trinajstić information content (AvgIpc) is 2.94. The fourth-order valence-electron chi connectivity index (χ4n) is 6.26. The van der Waals surface area contributed by atoms with Crippen molar-refractivity contribution < 1.29 is 0 Å². The monoisotopic (exact) mass is 688 g/mol. The van der Waals surface area contributed by atoms with Crippen LogP contribution in [0.5, 0.6) is 0 Å². The molecule has 6 aromatic carbocycles. The molecule has 0 N–H and O–H groups in total. The molecular weight excluding hydrogens is 652 g/mol. The molecule has 6 rings (SSSR count). The second kappa shape index (κ2) is 10.8. The van der Waals surface area contributed by atoms with Crippen LogP contribution in [0.25, 0.3) is 59.8 Å². The molecule has 0 atom stereocenters. The molecule has 0 unspecified atom stereocenters. The van der Waals surface area contributed by atoms with Crippen molar-refractivity contribution in [1.82, 2.24) is 0 Å². The first-order valence-electron chi connectivity index (χ1n) is 14.9. The minimum absolute atomic E-state index is 0.0263. The van der Waals surface area contributed by atoms with Gasteiger partial charge in [0, 0.05) is 8.96 Å². The number of hydrogen-bond donors (Lipinski definition) is 0. The van der Waals surface area contributed by atoms with Crippen LogP contribution in [0, 0.1) is 0 Å². The molecule has 0 aromatic heterocycles. The van der Waals surface area contributed by atoms with E-state index < -0.39 is 0 Å². The highest BCUT2D eigenvalue weighted by molar-refractivity contribution is 9.11. The Bertz CT molecular complexity index is 2100. The zero-order chi connectivity index (χ0) is 30.8. The van der Waals surface area contributed by atoms with Crippen molar-refractivity contribution in [3.63, 3.8) is 0 Å². The molecule has 0 nitrogen and oxygen atoms in total. The van der Waals surface area contributed by atoms with Crippen LogP contribution in [0.2, 0.25) is 0 Å². The summed E-state index contributed by atoms with van der Waals surface area (Å²) in [6.45, 7) is 20.0. The van der Waals surface area contributed by atoms with E-state index in [1.807, 2.05) is 6.08 Å². The molecule has 0 spiro atoms. The summed E-state index contributed by atoms with van der Waals surface area (Å²) in [5, 5.41) is 10.6. The second-order valence-electron chi connectivity index (χ2n) is 13.8. The summed E-state index contributed by atoms with van der Waals surface area (Å²) in [6.07, 6.45) is 6.36. The lowest BCUT2D eigenvalue weighted by molar-refractivity contribution is 0.590. The standard InChI is InChI=1S/C41H38Br2/c1-9-25(11-10-24(2)42)27-16-29-17-28(26-12-14-33(43)15-13-26)21-35-37-23-32(41(6,7)8)19-30-18-31(40(3,4)5)22-36(39(30)37)34(20-27)38(29)35/h9-23H,2H2,1,3-8H3/b11-10-,25-9+. The Balaban J connectivity index is 1.85. The summed E-state index contributed by atoms with van der Waals surface area (Å²) in [5.41, 5.74) is 7.61. The molecule has 0 radical (unpaired) electrons. The van der Waals surface area contributed by atoms with Gasteiger partial charge >= 0.3 is 0 Å². The van der Waals surface area contributed by atoms with Crippen LogP contribution < -0.4 is 0 Å². The van der Waals surface area contributed by atoms with Crippen LogP contribution in [-0.4, -0.2) is 0 Å². The van der Waals surface area contributed by atoms with Gasteiger partial charge in [-0.15, -0.1) is 0 Å². The zero-order valence-corrected chi connectivity index (χ0v) is 29.3. The van der Waals surface area contributed by atoms with Gasteiger partial charge in [0.05, 0.1) is 0 Å². The van der Waals surface area contributed by atoms with Crippen LogP contribution in [0.1, 0.15) is 65.2 Å². The summed E-state index contributed by atoms with van der Waals surface area (Å²) < 4.78 is 1.95. The Labute approximate surface area is 272 Å². The van der Waals surface area contributed by atoms with Gasteiger partial charge in [-0.25, -0.2) is 0 Å². The maximum Gasteiger partial charge on any atom is 0.0175 e. The van der Waals surface area contributed by atoms with Crippen molar-refractivity contribution in [1.29, 1.82) is 0 Å². The molecule has 0 aliphatic carbocycles. The number of halogens is 2. The summed E-state index contributed by atoms with van der Waals surface area (Å²) in [4.78, 5) is 0. The third kappa shape index (κ3) is 5.49. The molecule has 0 amide bonds. The lowest BCUT2D eigenvalue weighted by Gasteiger charge is -2.26. The van der Waals surface area contributed by atoms with Crippen molar-refractivity contribution in [2.24, 2.45) is 0 Å². The summed E-state index contributed by atoms with van der Waals surface area (Å²) in [7, 11) is 0. The molecule has 0 fully saturated rings. The molecule has 0 aliphatic heterocycles. The van der Waals surface area contributed by atoms with Gasteiger partial charge in [0.2, 0.25) is 0 Å². The Hall–Kier alpha value is -3.20. The Morgan fingerprint density at radius 3 is 1.65 bits per heavy atom. The maximum absolute atomic E-state index is 4.02. The SMILES string of the molecule is C=C(Br)/C=C\C(=C/C)c1cc2cc(-c3ccc(Br)cc3)cc3c4cc(C(C)(C)C)cc5cc(C(C)(C)C)cc(c(c1)c23)c54. The van der Waals surface area contributed by atoms with E-state index in [1.165, 1.54) is 76.5 Å². The Kier molecular flexibility index (Phi) is 7.47. The first-order chi connectivity index (χ1) is 20.2. The van der Waals surface area contributed by atoms with E-state index in [1.54, 1.807) is 0 Å². The minimum atomic E-state index is 0.0263. The van der Waals surface area contributed by atoms with Crippen molar-refractivity contribution in [3.8, 4) is 11.1 Å². The second-order valence-corrected chi connectivity index (χ2v) is 15.8. The lowest BCUT2D eigenvalue weighted by Crippen LogP contribution is -2.12. The highest BCUT2D eigenvalue weighted by Gasteiger charge is 2.23. The van der Waals surface area contributed by atoms with Crippen LogP contribution in [-0.2, 0) is 10.8 Å². The zero-order valence-electron chi connectivity index (χ0n) is 26.1. The molecule has 0 saturated carbocycles. The van der Waals surface area contributed by atoms with E-state index in [0.29, 0.717) is 0 Å². The van der Waals surface area contributed by atoms with E-state index in [4.69, 9.17) is 0 Å². The van der Waals surface area contributed by atoms with Gasteiger partial charge in [-0.05, 0) is 149 Å². The third-order valence-electron chi connectivity index (χ3n) is 8.68. The third-order valence-corrected chi connectivity index (χ3v) is 9.47. The quantitative estimate of drug-likeness (QED) is 0.0981. The predicted molar refractivity (Wildman–Crippen MR) is 199 cm³/mol. The summed E-state index contributed by atoms with van der Waals surface area (Å²) in [5.74, 6) is 0. The Morgan fingerprint density at radius 1 is 0.628 bits per heavy atom. The molecule has 2 heteroatoms. The lowest BCUT2D eigenvalue weighted by atomic mass is 9.78. The van der Waals surface area contributed by atoms with Gasteiger partial charge in [0.1, 0.15) is 0 Å². The molecule has 43 heavy (non-hydrogen) atoms. The van der Waals surface area contributed by atoms with E-state index >= 15 is 0 Å². The van der Waals surface area contributed by atoms with Crippen LogP contribution in [0.3, 0.4) is 0 Å². The smallest absolute Gasteiger partial charge is 0.0175 e. The van der Waals surface area contributed by atoms with Gasteiger partial charge in [-0.1, -0.05) is 116 Å². The first-order valence-corrected chi connectivity index (χ1v) is 16.5. The van der Waals surface area contributed by atoms with Gasteiger partial charge in [-0.3, -0.25) is 0 Å². The average molecular weight is 691 g/mol. The fourth-order valence-corrected chi connectivity index (χ4v) is 6.66. The fraction of sp³-hybridized carbons (Fsp3) is 0.220. The van der Waals surface area contributed by atoms with E-state index in [0.717, 1.165) is 8.96 Å². The van der Waals surface area contributed by atoms with E-state index in [2.05, 4.69) is 172 Å². The highest BCUT2D eigenvalue weighted by atomic mass is 79.9. The van der Waals surface area contributed by atoms with Crippen LogP contribution in [0.15, 0.2) is 107 Å². The largest absolute Gasteiger partial charge is 0.0847 e. The number of allylic oxidation sites excluding steroid dienone is 5. The van der Waals surface area contributed by atoms with Crippen molar-refractivity contribution in [2.45, 2.75) is 59.3 Å². The van der Waals surface area contributed by atoms with Gasteiger partial charge in [-0.2, -0.15) is 0 Å². The normalized spacial score (nSPS) is 13.4. The summed E-state index contributed by atoms with van der Waals surface area (Å²) >= 11 is 7.13. The van der Waals surface area contributed by atoms with Crippen molar-refractivity contribution in [3.05, 3.63) is 123 Å². The number of rotatable bonds is 4. The molecule has 0 saturated heterocycles. The maximum atomic E-state index is 4.02. The summed E-state index contributed by atoms with van der Waals surface area (Å²) in [6, 6.07) is 28.0. The van der Waals surface area contributed by atoms with E-state index in [-0.39, 0.29) is 10.8 Å². The Morgan fingerprint density at radius 2 is 1.14 bits per heavy atom. The molecule has 0 aliphatic rings. The first kappa shape index (κ1) is 29.9. The molecule has 6 aromatic rings. The minimum Gasteiger partial charge on any atom is -0.0847 e. The van der Waals surface area contributed by atoms with Crippen molar-refractivity contribution in [2.75, 3.05) is 0 Å². The van der Waals surface area contributed by atoms with Crippen LogP contribution in [0.4, 0.5) is 0 Å². The van der Waals surface area contributed by atoms with Gasteiger partial charge in [0.25, 0.3) is 0 Å². The van der Waals surface area contributed by atoms with Crippen LogP contribution >= 0.6 is 31.9 Å². The topological polar surface area (TPSA) is 0 Å². The number of benzene rings is 6. The number of fused-ring (bicyclic) bond motifs is 2. The molecule has 216 valence electrons. The van der Waals surface area contributed by atoms with Gasteiger partial charge in [0.15, 0.2) is 0 Å². The van der Waals surface area contributed by atoms with Crippen molar-refractivity contribution >= 4 is 80.5 Å².